The number of carbonyl (C=O) groups excluding carboxylic acids is 1. The molecule has 0 aromatic carbocycles. The van der Waals surface area contributed by atoms with E-state index in [-0.39, 0.29) is 11.9 Å². The second-order valence-electron chi connectivity index (χ2n) is 7.52. The molecule has 26 heavy (non-hydrogen) atoms. The summed E-state index contributed by atoms with van der Waals surface area (Å²) in [6.45, 7) is 7.01. The molecule has 1 fully saturated rings. The van der Waals surface area contributed by atoms with Gasteiger partial charge in [-0.2, -0.15) is 0 Å². The van der Waals surface area contributed by atoms with Crippen LogP contribution in [0.3, 0.4) is 0 Å². The molecule has 4 heterocycles. The monoisotopic (exact) mass is 358 g/mol. The molecule has 0 aliphatic carbocycles. The van der Waals surface area contributed by atoms with Gasteiger partial charge in [-0.1, -0.05) is 0 Å². The maximum Gasteiger partial charge on any atom is 0.251 e. The van der Waals surface area contributed by atoms with Crippen molar-refractivity contribution in [3.8, 4) is 0 Å². The highest BCUT2D eigenvalue weighted by molar-refractivity contribution is 5.81. The highest BCUT2D eigenvalue weighted by Gasteiger charge is 2.47. The third-order valence-corrected chi connectivity index (χ3v) is 5.20. The molecule has 4 rings (SSSR count). The molecule has 7 nitrogen and oxygen atoms in total. The number of carbonyl (C=O) groups is 1. The number of piperidine rings is 1. The Hall–Kier alpha value is -2.12. The molecule has 2 aromatic rings. The fourth-order valence-corrected chi connectivity index (χ4v) is 3.95. The average molecular weight is 358 g/mol. The number of aromatic nitrogens is 2. The first kappa shape index (κ1) is 17.3. The van der Waals surface area contributed by atoms with E-state index in [1.165, 1.54) is 0 Å². The van der Waals surface area contributed by atoms with Gasteiger partial charge in [0.25, 0.3) is 5.91 Å². The zero-order chi connectivity index (χ0) is 18.1. The highest BCUT2D eigenvalue weighted by Crippen LogP contribution is 2.40. The van der Waals surface area contributed by atoms with Gasteiger partial charge in [-0.15, -0.1) is 0 Å². The molecule has 1 saturated heterocycles. The lowest BCUT2D eigenvalue weighted by molar-refractivity contribution is -0.174. The standard InChI is InChI=1S/C19H26N4O3/c1-14(2)21-17(24)16-13-23-10-7-20-18(23)19(26-16)5-8-22(9-6-19)12-15-4-3-11-25-15/h3-4,7,10-11,14,16H,5-6,8-9,12-13H2,1-2H3,(H,21,24). The summed E-state index contributed by atoms with van der Waals surface area (Å²) in [7, 11) is 0. The van der Waals surface area contributed by atoms with Crippen LogP contribution in [0, 0.1) is 0 Å². The number of amides is 1. The van der Waals surface area contributed by atoms with E-state index in [0.717, 1.165) is 44.1 Å². The first-order valence-electron chi connectivity index (χ1n) is 9.30. The van der Waals surface area contributed by atoms with Crippen molar-refractivity contribution in [3.63, 3.8) is 0 Å². The molecule has 140 valence electrons. The van der Waals surface area contributed by atoms with Crippen LogP contribution in [0.5, 0.6) is 0 Å². The molecule has 1 amide bonds. The van der Waals surface area contributed by atoms with Gasteiger partial charge < -0.3 is 19.0 Å². The SMILES string of the molecule is CC(C)NC(=O)C1Cn2ccnc2C2(CCN(Cc3ccco3)CC2)O1. The van der Waals surface area contributed by atoms with Gasteiger partial charge in [-0.25, -0.2) is 4.98 Å². The quantitative estimate of drug-likeness (QED) is 0.904. The van der Waals surface area contributed by atoms with E-state index < -0.39 is 11.7 Å². The highest BCUT2D eigenvalue weighted by atomic mass is 16.5. The number of rotatable bonds is 4. The second kappa shape index (κ2) is 6.89. The number of furan rings is 1. The fraction of sp³-hybridized carbons (Fsp3) is 0.579. The molecule has 2 aromatic heterocycles. The Labute approximate surface area is 153 Å². The lowest BCUT2D eigenvalue weighted by Crippen LogP contribution is -2.54. The van der Waals surface area contributed by atoms with Crippen molar-refractivity contribution in [2.75, 3.05) is 13.1 Å². The molecular formula is C19H26N4O3. The van der Waals surface area contributed by atoms with E-state index in [2.05, 4.69) is 19.8 Å². The maximum atomic E-state index is 12.5. The van der Waals surface area contributed by atoms with Crippen LogP contribution in [0.25, 0.3) is 0 Å². The Morgan fingerprint density at radius 3 is 2.92 bits per heavy atom. The molecule has 0 saturated carbocycles. The van der Waals surface area contributed by atoms with Gasteiger partial charge in [0, 0.05) is 31.5 Å². The van der Waals surface area contributed by atoms with E-state index in [0.29, 0.717) is 6.54 Å². The molecule has 0 radical (unpaired) electrons. The molecule has 7 heteroatoms. The minimum atomic E-state index is -0.486. The number of hydrogen-bond donors (Lipinski definition) is 1. The minimum absolute atomic E-state index is 0.0447. The molecule has 2 aliphatic heterocycles. The molecular weight excluding hydrogens is 332 g/mol. The Kier molecular flexibility index (Phi) is 4.58. The largest absolute Gasteiger partial charge is 0.468 e. The van der Waals surface area contributed by atoms with Crippen molar-refractivity contribution in [2.24, 2.45) is 0 Å². The summed E-state index contributed by atoms with van der Waals surface area (Å²) < 4.78 is 13.9. The van der Waals surface area contributed by atoms with Crippen molar-refractivity contribution in [2.45, 2.75) is 57.5 Å². The summed E-state index contributed by atoms with van der Waals surface area (Å²) in [6.07, 6.45) is 6.62. The van der Waals surface area contributed by atoms with Gasteiger partial charge in [0.15, 0.2) is 6.10 Å². The third kappa shape index (κ3) is 3.29. The van der Waals surface area contributed by atoms with Gasteiger partial charge in [-0.3, -0.25) is 9.69 Å². The van der Waals surface area contributed by atoms with Gasteiger partial charge in [0.1, 0.15) is 17.2 Å². The predicted octanol–water partition coefficient (Wildman–Crippen LogP) is 1.89. The van der Waals surface area contributed by atoms with Crippen LogP contribution >= 0.6 is 0 Å². The van der Waals surface area contributed by atoms with Crippen molar-refractivity contribution in [1.29, 1.82) is 0 Å². The first-order valence-corrected chi connectivity index (χ1v) is 9.30. The van der Waals surface area contributed by atoms with E-state index in [1.54, 1.807) is 12.5 Å². The zero-order valence-electron chi connectivity index (χ0n) is 15.4. The number of fused-ring (bicyclic) bond motifs is 2. The maximum absolute atomic E-state index is 12.5. The van der Waals surface area contributed by atoms with E-state index >= 15 is 0 Å². The zero-order valence-corrected chi connectivity index (χ0v) is 15.4. The molecule has 0 bridgehead atoms. The Morgan fingerprint density at radius 1 is 1.42 bits per heavy atom. The lowest BCUT2D eigenvalue weighted by Gasteiger charge is -2.45. The number of hydrogen-bond acceptors (Lipinski definition) is 5. The molecule has 1 N–H and O–H groups in total. The van der Waals surface area contributed by atoms with E-state index in [1.807, 2.05) is 32.2 Å². The number of imidazole rings is 1. The topological polar surface area (TPSA) is 72.5 Å². The second-order valence-corrected chi connectivity index (χ2v) is 7.52. The van der Waals surface area contributed by atoms with E-state index in [9.17, 15) is 4.79 Å². The number of likely N-dealkylation sites (tertiary alicyclic amines) is 1. The van der Waals surface area contributed by atoms with Crippen LogP contribution in [-0.4, -0.2) is 45.6 Å². The van der Waals surface area contributed by atoms with E-state index in [4.69, 9.17) is 9.15 Å². The summed E-state index contributed by atoms with van der Waals surface area (Å²) >= 11 is 0. The molecule has 1 unspecified atom stereocenters. The van der Waals surface area contributed by atoms with Crippen LogP contribution in [0.15, 0.2) is 35.2 Å². The summed E-state index contributed by atoms with van der Waals surface area (Å²) in [4.78, 5) is 19.5. The Morgan fingerprint density at radius 2 is 2.23 bits per heavy atom. The molecule has 1 spiro atoms. The van der Waals surface area contributed by atoms with Crippen molar-refractivity contribution in [1.82, 2.24) is 19.8 Å². The Bertz CT molecular complexity index is 745. The summed E-state index contributed by atoms with van der Waals surface area (Å²) in [5.41, 5.74) is -0.486. The van der Waals surface area contributed by atoms with Gasteiger partial charge >= 0.3 is 0 Å². The van der Waals surface area contributed by atoms with Gasteiger partial charge in [0.05, 0.1) is 19.4 Å². The Balaban J connectivity index is 1.49. The summed E-state index contributed by atoms with van der Waals surface area (Å²) in [5.74, 6) is 1.88. The number of nitrogens with one attached hydrogen (secondary N) is 1. The number of ether oxygens (including phenoxy) is 1. The van der Waals surface area contributed by atoms with Crippen molar-refractivity contribution >= 4 is 5.91 Å². The van der Waals surface area contributed by atoms with Crippen LogP contribution in [0.1, 0.15) is 38.3 Å². The third-order valence-electron chi connectivity index (χ3n) is 5.20. The average Bonchev–Trinajstić information content (AvgIpc) is 3.28. The first-order chi connectivity index (χ1) is 12.6. The lowest BCUT2D eigenvalue weighted by atomic mass is 9.88. The van der Waals surface area contributed by atoms with Crippen molar-refractivity contribution < 1.29 is 13.9 Å². The number of nitrogens with zero attached hydrogens (tertiary/aromatic N) is 3. The predicted molar refractivity (Wildman–Crippen MR) is 95.3 cm³/mol. The fourth-order valence-electron chi connectivity index (χ4n) is 3.95. The molecule has 2 aliphatic rings. The van der Waals surface area contributed by atoms with Gasteiger partial charge in [-0.05, 0) is 38.8 Å². The van der Waals surface area contributed by atoms with Crippen LogP contribution < -0.4 is 5.32 Å². The normalized spacial score (nSPS) is 22.5. The summed E-state index contributed by atoms with van der Waals surface area (Å²) in [6, 6.07) is 4.02. The smallest absolute Gasteiger partial charge is 0.251 e. The molecule has 1 atom stereocenters. The summed E-state index contributed by atoms with van der Waals surface area (Å²) in [5, 5.41) is 2.98. The van der Waals surface area contributed by atoms with Crippen molar-refractivity contribution in [3.05, 3.63) is 42.4 Å². The van der Waals surface area contributed by atoms with Crippen LogP contribution in [0.2, 0.25) is 0 Å². The van der Waals surface area contributed by atoms with Crippen LogP contribution in [-0.2, 0) is 28.2 Å². The van der Waals surface area contributed by atoms with Crippen LogP contribution in [0.4, 0.5) is 0 Å². The van der Waals surface area contributed by atoms with Gasteiger partial charge in [0.2, 0.25) is 0 Å². The minimum Gasteiger partial charge on any atom is -0.468 e.